The summed E-state index contributed by atoms with van der Waals surface area (Å²) in [5, 5.41) is 8.09. The molecule has 0 saturated carbocycles. The van der Waals surface area contributed by atoms with Gasteiger partial charge in [-0.2, -0.15) is 0 Å². The first kappa shape index (κ1) is 16.6. The van der Waals surface area contributed by atoms with Crippen LogP contribution >= 0.6 is 0 Å². The Morgan fingerprint density at radius 1 is 1.27 bits per heavy atom. The van der Waals surface area contributed by atoms with Gasteiger partial charge in [0.25, 0.3) is 0 Å². The van der Waals surface area contributed by atoms with Gasteiger partial charge in [-0.25, -0.2) is 13.6 Å². The van der Waals surface area contributed by atoms with Crippen LogP contribution in [0.25, 0.3) is 0 Å². The van der Waals surface area contributed by atoms with E-state index in [2.05, 4.69) is 5.32 Å². The van der Waals surface area contributed by atoms with Gasteiger partial charge in [0.15, 0.2) is 0 Å². The summed E-state index contributed by atoms with van der Waals surface area (Å²) in [6, 6.07) is 5.81. The molecule has 1 aliphatic heterocycles. The minimum atomic E-state index is -3.68. The first-order valence-electron chi connectivity index (χ1n) is 7.02. The molecular formula is C14H19N3O4S. The summed E-state index contributed by atoms with van der Waals surface area (Å²) in [7, 11) is -3.68. The normalized spacial score (nSPS) is 19.0. The molecule has 2 rings (SSSR count). The highest BCUT2D eigenvalue weighted by molar-refractivity contribution is 7.89. The molecule has 0 aromatic heterocycles. The third kappa shape index (κ3) is 3.70. The Kier molecular flexibility index (Phi) is 4.94. The lowest BCUT2D eigenvalue weighted by molar-refractivity contribution is -0.138. The number of hydrogen-bond donors (Lipinski definition) is 2. The standard InChI is InChI=1S/C14H19N3O4S/c1-2-17-13(18)9-12(14(17)19)16-8-7-10-3-5-11(6-4-10)22(15,20)21/h3-6,12,16H,2,7-9H2,1H3,(H2,15,20,21)/t12-/m1/s1. The molecule has 7 nitrogen and oxygen atoms in total. The van der Waals surface area contributed by atoms with E-state index in [-0.39, 0.29) is 23.1 Å². The molecule has 0 aliphatic carbocycles. The maximum Gasteiger partial charge on any atom is 0.246 e. The van der Waals surface area contributed by atoms with Crippen LogP contribution in [0.4, 0.5) is 0 Å². The molecule has 2 amide bonds. The Morgan fingerprint density at radius 2 is 1.91 bits per heavy atom. The second-order valence-electron chi connectivity index (χ2n) is 5.13. The van der Waals surface area contributed by atoms with Gasteiger partial charge in [0.05, 0.1) is 17.4 Å². The molecule has 0 bridgehead atoms. The average molecular weight is 325 g/mol. The number of imide groups is 1. The topological polar surface area (TPSA) is 110 Å². The Hall–Kier alpha value is -1.77. The Balaban J connectivity index is 1.87. The van der Waals surface area contributed by atoms with Crippen molar-refractivity contribution in [1.29, 1.82) is 0 Å². The fraction of sp³-hybridized carbons (Fsp3) is 0.429. The molecule has 1 fully saturated rings. The summed E-state index contributed by atoms with van der Waals surface area (Å²) < 4.78 is 22.3. The number of likely N-dealkylation sites (tertiary alicyclic amines) is 1. The minimum absolute atomic E-state index is 0.0689. The molecule has 22 heavy (non-hydrogen) atoms. The highest BCUT2D eigenvalue weighted by Crippen LogP contribution is 2.13. The smallest absolute Gasteiger partial charge is 0.246 e. The number of hydrogen-bond acceptors (Lipinski definition) is 5. The van der Waals surface area contributed by atoms with Gasteiger partial charge in [-0.3, -0.25) is 14.5 Å². The largest absolute Gasteiger partial charge is 0.305 e. The van der Waals surface area contributed by atoms with Crippen LogP contribution < -0.4 is 10.5 Å². The third-order valence-corrected chi connectivity index (χ3v) is 4.55. The van der Waals surface area contributed by atoms with Gasteiger partial charge in [0.1, 0.15) is 0 Å². The molecule has 0 radical (unpaired) electrons. The molecule has 1 heterocycles. The number of carbonyl (C=O) groups excluding carboxylic acids is 2. The number of rotatable bonds is 6. The lowest BCUT2D eigenvalue weighted by Gasteiger charge is -2.13. The van der Waals surface area contributed by atoms with E-state index >= 15 is 0 Å². The van der Waals surface area contributed by atoms with Gasteiger partial charge in [0.2, 0.25) is 21.8 Å². The number of sulfonamides is 1. The number of primary sulfonamides is 1. The van der Waals surface area contributed by atoms with Gasteiger partial charge >= 0.3 is 0 Å². The number of benzene rings is 1. The molecule has 1 saturated heterocycles. The van der Waals surface area contributed by atoms with E-state index < -0.39 is 16.1 Å². The highest BCUT2D eigenvalue weighted by atomic mass is 32.2. The number of nitrogens with one attached hydrogen (secondary N) is 1. The van der Waals surface area contributed by atoms with Crippen molar-refractivity contribution in [2.45, 2.75) is 30.7 Å². The molecule has 8 heteroatoms. The zero-order valence-electron chi connectivity index (χ0n) is 12.3. The van der Waals surface area contributed by atoms with Gasteiger partial charge in [0, 0.05) is 6.54 Å². The quantitative estimate of drug-likeness (QED) is 0.693. The Labute approximate surface area is 129 Å². The second kappa shape index (κ2) is 6.55. The lowest BCUT2D eigenvalue weighted by Crippen LogP contribution is -2.39. The van der Waals surface area contributed by atoms with Gasteiger partial charge in [-0.15, -0.1) is 0 Å². The maximum absolute atomic E-state index is 11.9. The average Bonchev–Trinajstić information content (AvgIpc) is 2.72. The van der Waals surface area contributed by atoms with E-state index in [9.17, 15) is 18.0 Å². The van der Waals surface area contributed by atoms with Crippen LogP contribution in [0.3, 0.4) is 0 Å². The zero-order valence-corrected chi connectivity index (χ0v) is 13.1. The summed E-state index contributed by atoms with van der Waals surface area (Å²) in [4.78, 5) is 24.8. The van der Waals surface area contributed by atoms with E-state index in [4.69, 9.17) is 5.14 Å². The summed E-state index contributed by atoms with van der Waals surface area (Å²) in [5.41, 5.74) is 0.920. The van der Waals surface area contributed by atoms with Crippen LogP contribution in [0.5, 0.6) is 0 Å². The second-order valence-corrected chi connectivity index (χ2v) is 6.69. The van der Waals surface area contributed by atoms with Crippen molar-refractivity contribution in [2.75, 3.05) is 13.1 Å². The summed E-state index contributed by atoms with van der Waals surface area (Å²) in [5.74, 6) is -0.334. The highest BCUT2D eigenvalue weighted by Gasteiger charge is 2.36. The molecule has 0 unspecified atom stereocenters. The van der Waals surface area contributed by atoms with Crippen LogP contribution in [0.1, 0.15) is 18.9 Å². The van der Waals surface area contributed by atoms with Crippen molar-refractivity contribution in [3.63, 3.8) is 0 Å². The molecule has 3 N–H and O–H groups in total. The van der Waals surface area contributed by atoms with E-state index in [0.29, 0.717) is 19.5 Å². The van der Waals surface area contributed by atoms with Gasteiger partial charge in [-0.1, -0.05) is 12.1 Å². The van der Waals surface area contributed by atoms with Crippen molar-refractivity contribution >= 4 is 21.8 Å². The third-order valence-electron chi connectivity index (χ3n) is 3.62. The number of amides is 2. The minimum Gasteiger partial charge on any atom is -0.305 e. The van der Waals surface area contributed by atoms with E-state index in [1.807, 2.05) is 0 Å². The summed E-state index contributed by atoms with van der Waals surface area (Å²) >= 11 is 0. The molecular weight excluding hydrogens is 306 g/mol. The molecule has 0 spiro atoms. The summed E-state index contributed by atoms with van der Waals surface area (Å²) in [6.07, 6.45) is 0.812. The van der Waals surface area contributed by atoms with Crippen molar-refractivity contribution in [3.8, 4) is 0 Å². The van der Waals surface area contributed by atoms with Crippen molar-refractivity contribution in [2.24, 2.45) is 5.14 Å². The van der Waals surface area contributed by atoms with Crippen molar-refractivity contribution in [3.05, 3.63) is 29.8 Å². The van der Waals surface area contributed by atoms with E-state index in [1.165, 1.54) is 17.0 Å². The molecule has 1 aromatic rings. The van der Waals surface area contributed by atoms with Crippen molar-refractivity contribution < 1.29 is 18.0 Å². The molecule has 1 aliphatic rings. The predicted molar refractivity (Wildman–Crippen MR) is 80.3 cm³/mol. The number of nitrogens with zero attached hydrogens (tertiary/aromatic N) is 1. The first-order valence-corrected chi connectivity index (χ1v) is 8.57. The maximum atomic E-state index is 11.9. The Bertz CT molecular complexity index is 670. The zero-order chi connectivity index (χ0) is 16.3. The SMILES string of the molecule is CCN1C(=O)C[C@@H](NCCc2ccc(S(N)(=O)=O)cc2)C1=O. The lowest BCUT2D eigenvalue weighted by atomic mass is 10.1. The van der Waals surface area contributed by atoms with Crippen LogP contribution in [-0.4, -0.2) is 44.3 Å². The van der Waals surface area contributed by atoms with E-state index in [0.717, 1.165) is 5.56 Å². The van der Waals surface area contributed by atoms with Gasteiger partial charge in [-0.05, 0) is 37.6 Å². The molecule has 120 valence electrons. The van der Waals surface area contributed by atoms with Gasteiger partial charge < -0.3 is 5.32 Å². The first-order chi connectivity index (χ1) is 10.3. The fourth-order valence-corrected chi connectivity index (χ4v) is 2.93. The fourth-order valence-electron chi connectivity index (χ4n) is 2.41. The monoisotopic (exact) mass is 325 g/mol. The number of nitrogens with two attached hydrogens (primary N) is 1. The predicted octanol–water partition coefficient (Wildman–Crippen LogP) is -0.386. The van der Waals surface area contributed by atoms with Crippen LogP contribution in [0, 0.1) is 0 Å². The summed E-state index contributed by atoms with van der Waals surface area (Å²) in [6.45, 7) is 2.69. The van der Waals surface area contributed by atoms with Crippen LogP contribution in [-0.2, 0) is 26.0 Å². The van der Waals surface area contributed by atoms with Crippen LogP contribution in [0.15, 0.2) is 29.2 Å². The molecule has 1 atom stereocenters. The number of likely N-dealkylation sites (N-methyl/N-ethyl adjacent to an activating group) is 1. The number of carbonyl (C=O) groups is 2. The Morgan fingerprint density at radius 3 is 2.41 bits per heavy atom. The van der Waals surface area contributed by atoms with Crippen molar-refractivity contribution in [1.82, 2.24) is 10.2 Å². The molecule has 1 aromatic carbocycles. The van der Waals surface area contributed by atoms with Crippen LogP contribution in [0.2, 0.25) is 0 Å². The van der Waals surface area contributed by atoms with E-state index in [1.54, 1.807) is 19.1 Å².